The van der Waals surface area contributed by atoms with E-state index >= 15 is 0 Å². The Morgan fingerprint density at radius 2 is 2.32 bits per heavy atom. The molecule has 0 aliphatic carbocycles. The Kier molecular flexibility index (Phi) is 5.27. The van der Waals surface area contributed by atoms with Gasteiger partial charge in [0.1, 0.15) is 0 Å². The second-order valence-electron chi connectivity index (χ2n) is 3.97. The van der Waals surface area contributed by atoms with Gasteiger partial charge in [0.2, 0.25) is 11.7 Å². The van der Waals surface area contributed by atoms with Crippen molar-refractivity contribution in [3.05, 3.63) is 33.6 Å². The Balaban J connectivity index is 2.18. The van der Waals surface area contributed by atoms with Crippen molar-refractivity contribution in [1.29, 1.82) is 0 Å². The Morgan fingerprint density at radius 1 is 1.53 bits per heavy atom. The molecular weight excluding hydrogens is 350 g/mol. The molecule has 0 radical (unpaired) electrons. The van der Waals surface area contributed by atoms with Gasteiger partial charge in [-0.1, -0.05) is 16.8 Å². The Bertz CT molecular complexity index is 564. The molecule has 1 unspecified atom stereocenters. The van der Waals surface area contributed by atoms with E-state index in [1.165, 1.54) is 0 Å². The highest BCUT2D eigenvalue weighted by Gasteiger charge is 2.15. The minimum absolute atomic E-state index is 0.218. The van der Waals surface area contributed by atoms with Crippen molar-refractivity contribution in [2.75, 3.05) is 12.0 Å². The lowest BCUT2D eigenvalue weighted by atomic mass is 10.2. The highest BCUT2D eigenvalue weighted by Crippen LogP contribution is 2.28. The summed E-state index contributed by atoms with van der Waals surface area (Å²) < 4.78 is 6.00. The number of nitrogens with two attached hydrogens (primary N) is 1. The third-order valence-electron chi connectivity index (χ3n) is 2.57. The lowest BCUT2D eigenvalue weighted by Gasteiger charge is -2.03. The normalized spacial score (nSPS) is 12.6. The van der Waals surface area contributed by atoms with E-state index < -0.39 is 0 Å². The van der Waals surface area contributed by atoms with Gasteiger partial charge in [-0.2, -0.15) is 16.7 Å². The number of aromatic nitrogens is 2. The van der Waals surface area contributed by atoms with E-state index in [1.807, 2.05) is 18.4 Å². The van der Waals surface area contributed by atoms with Gasteiger partial charge in [-0.15, -0.1) is 0 Å². The molecular formula is C12H13BrClN3OS. The van der Waals surface area contributed by atoms with Gasteiger partial charge in [-0.25, -0.2) is 0 Å². The van der Waals surface area contributed by atoms with Crippen LogP contribution >= 0.6 is 39.3 Å². The van der Waals surface area contributed by atoms with Crippen LogP contribution < -0.4 is 5.73 Å². The van der Waals surface area contributed by atoms with Crippen molar-refractivity contribution < 1.29 is 4.52 Å². The highest BCUT2D eigenvalue weighted by molar-refractivity contribution is 9.10. The van der Waals surface area contributed by atoms with Crippen molar-refractivity contribution in [2.24, 2.45) is 5.73 Å². The molecule has 0 spiro atoms. The third kappa shape index (κ3) is 3.72. The molecule has 0 saturated heterocycles. The van der Waals surface area contributed by atoms with Crippen LogP contribution in [0.5, 0.6) is 0 Å². The molecule has 1 aromatic heterocycles. The van der Waals surface area contributed by atoms with Crippen molar-refractivity contribution in [1.82, 2.24) is 10.1 Å². The maximum Gasteiger partial charge on any atom is 0.243 e. The quantitative estimate of drug-likeness (QED) is 0.873. The smallest absolute Gasteiger partial charge is 0.243 e. The van der Waals surface area contributed by atoms with Crippen LogP contribution in [0.3, 0.4) is 0 Å². The Labute approximate surface area is 129 Å². The molecule has 2 rings (SSSR count). The molecule has 2 N–H and O–H groups in total. The summed E-state index contributed by atoms with van der Waals surface area (Å²) in [5.41, 5.74) is 6.82. The molecule has 0 aliphatic heterocycles. The van der Waals surface area contributed by atoms with Gasteiger partial charge in [0, 0.05) is 10.0 Å². The lowest BCUT2D eigenvalue weighted by Crippen LogP contribution is -2.11. The van der Waals surface area contributed by atoms with Gasteiger partial charge < -0.3 is 10.3 Å². The summed E-state index contributed by atoms with van der Waals surface area (Å²) in [5, 5.41) is 4.59. The first-order valence-electron chi connectivity index (χ1n) is 5.65. The van der Waals surface area contributed by atoms with Crippen LogP contribution in [0.25, 0.3) is 11.4 Å². The van der Waals surface area contributed by atoms with Crippen molar-refractivity contribution in [3.63, 3.8) is 0 Å². The molecule has 4 nitrogen and oxygen atoms in total. The minimum atomic E-state index is -0.218. The van der Waals surface area contributed by atoms with Crippen LogP contribution in [0.1, 0.15) is 18.4 Å². The molecule has 7 heteroatoms. The Morgan fingerprint density at radius 3 is 3.00 bits per heavy atom. The zero-order valence-corrected chi connectivity index (χ0v) is 13.4. The van der Waals surface area contributed by atoms with Gasteiger partial charge >= 0.3 is 0 Å². The molecule has 0 aliphatic rings. The molecule has 0 amide bonds. The predicted molar refractivity (Wildman–Crippen MR) is 82.4 cm³/mol. The molecule has 1 heterocycles. The summed E-state index contributed by atoms with van der Waals surface area (Å²) in [6.07, 6.45) is 2.85. The first-order chi connectivity index (χ1) is 9.11. The molecule has 19 heavy (non-hydrogen) atoms. The fourth-order valence-corrected chi connectivity index (χ4v) is 2.49. The third-order valence-corrected chi connectivity index (χ3v) is 4.43. The maximum atomic E-state index is 5.99. The van der Waals surface area contributed by atoms with Gasteiger partial charge in [0.15, 0.2) is 0 Å². The summed E-state index contributed by atoms with van der Waals surface area (Å²) in [6, 6.07) is 5.26. The van der Waals surface area contributed by atoms with Gasteiger partial charge in [-0.05, 0) is 52.6 Å². The molecule has 2 aromatic rings. The number of thioether (sulfide) groups is 1. The number of hydrogen-bond acceptors (Lipinski definition) is 5. The number of nitrogens with zero attached hydrogens (tertiary/aromatic N) is 2. The average Bonchev–Trinajstić information content (AvgIpc) is 2.89. The van der Waals surface area contributed by atoms with Crippen LogP contribution in [-0.2, 0) is 0 Å². The van der Waals surface area contributed by atoms with E-state index in [1.54, 1.807) is 17.8 Å². The zero-order valence-electron chi connectivity index (χ0n) is 10.3. The lowest BCUT2D eigenvalue weighted by molar-refractivity contribution is 0.353. The molecule has 1 atom stereocenters. The van der Waals surface area contributed by atoms with E-state index in [0.717, 1.165) is 22.2 Å². The van der Waals surface area contributed by atoms with Crippen LogP contribution in [0.2, 0.25) is 5.02 Å². The Hall–Kier alpha value is -0.560. The van der Waals surface area contributed by atoms with E-state index in [2.05, 4.69) is 26.1 Å². The van der Waals surface area contributed by atoms with Crippen LogP contribution in [0.4, 0.5) is 0 Å². The SMILES string of the molecule is CSCCC(N)c1nc(-c2ccc(Cl)c(Br)c2)no1. The zero-order chi connectivity index (χ0) is 13.8. The number of halogens is 2. The van der Waals surface area contributed by atoms with Gasteiger partial charge in [-0.3, -0.25) is 0 Å². The highest BCUT2D eigenvalue weighted by atomic mass is 79.9. The summed E-state index contributed by atoms with van der Waals surface area (Å²) in [5.74, 6) is 1.95. The fourth-order valence-electron chi connectivity index (χ4n) is 1.51. The standard InChI is InChI=1S/C12H13BrClN3OS/c1-19-5-4-10(15)12-16-11(17-18-12)7-2-3-9(14)8(13)6-7/h2-3,6,10H,4-5,15H2,1H3. The molecule has 102 valence electrons. The molecule has 0 saturated carbocycles. The second kappa shape index (κ2) is 6.74. The largest absolute Gasteiger partial charge is 0.337 e. The van der Waals surface area contributed by atoms with E-state index in [0.29, 0.717) is 16.7 Å². The summed E-state index contributed by atoms with van der Waals surface area (Å²) in [7, 11) is 0. The van der Waals surface area contributed by atoms with Crippen molar-refractivity contribution in [2.45, 2.75) is 12.5 Å². The number of rotatable bonds is 5. The number of hydrogen-bond donors (Lipinski definition) is 1. The predicted octanol–water partition coefficient (Wildman–Crippen LogP) is 3.91. The molecule has 0 fully saturated rings. The first-order valence-corrected chi connectivity index (χ1v) is 8.22. The van der Waals surface area contributed by atoms with Crippen LogP contribution in [0.15, 0.2) is 27.2 Å². The van der Waals surface area contributed by atoms with Crippen molar-refractivity contribution in [3.8, 4) is 11.4 Å². The van der Waals surface area contributed by atoms with Gasteiger partial charge in [0.05, 0.1) is 11.1 Å². The first kappa shape index (κ1) is 14.8. The topological polar surface area (TPSA) is 64.9 Å². The fraction of sp³-hybridized carbons (Fsp3) is 0.333. The minimum Gasteiger partial charge on any atom is -0.337 e. The summed E-state index contributed by atoms with van der Waals surface area (Å²) in [4.78, 5) is 4.33. The molecule has 1 aromatic carbocycles. The molecule has 0 bridgehead atoms. The van der Waals surface area contributed by atoms with Crippen molar-refractivity contribution >= 4 is 39.3 Å². The van der Waals surface area contributed by atoms with Gasteiger partial charge in [0.25, 0.3) is 0 Å². The maximum absolute atomic E-state index is 5.99. The average molecular weight is 363 g/mol. The van der Waals surface area contributed by atoms with E-state index in [-0.39, 0.29) is 6.04 Å². The summed E-state index contributed by atoms with van der Waals surface area (Å²) in [6.45, 7) is 0. The number of benzene rings is 1. The monoisotopic (exact) mass is 361 g/mol. The van der Waals surface area contributed by atoms with Crippen LogP contribution in [0, 0.1) is 0 Å². The van der Waals surface area contributed by atoms with E-state index in [9.17, 15) is 0 Å². The summed E-state index contributed by atoms with van der Waals surface area (Å²) >= 11 is 11.1. The van der Waals surface area contributed by atoms with Crippen LogP contribution in [-0.4, -0.2) is 22.1 Å². The second-order valence-corrected chi connectivity index (χ2v) is 6.22. The van der Waals surface area contributed by atoms with E-state index in [4.69, 9.17) is 21.9 Å².